The van der Waals surface area contributed by atoms with Gasteiger partial charge in [0.15, 0.2) is 0 Å². The third-order valence-corrected chi connectivity index (χ3v) is 5.63. The lowest BCUT2D eigenvalue weighted by Crippen LogP contribution is -2.42. The number of aryl methyl sites for hydroxylation is 1. The Labute approximate surface area is 171 Å². The van der Waals surface area contributed by atoms with Gasteiger partial charge in [0.2, 0.25) is 0 Å². The van der Waals surface area contributed by atoms with Crippen molar-refractivity contribution in [2.75, 3.05) is 26.8 Å². The summed E-state index contributed by atoms with van der Waals surface area (Å²) < 4.78 is 0. The summed E-state index contributed by atoms with van der Waals surface area (Å²) in [5.41, 5.74) is 14.6. The first kappa shape index (κ1) is 22.0. The standard InChI is InChI=1S/C25H37N3/c1-18(2)9-8-10-23-15-28(19(3)4)16-24(25(23)27(7)17-26)21(6)22-13-11-20(5)12-14-22/h11-14,23H,1,3,6,8-10,15-17,26H2,2,4-5,7H3. The number of nitrogens with zero attached hydrogens (tertiary/aromatic N) is 2. The Morgan fingerprint density at radius 1 is 1.18 bits per heavy atom. The molecule has 152 valence electrons. The Morgan fingerprint density at radius 2 is 1.82 bits per heavy atom. The van der Waals surface area contributed by atoms with Crippen LogP contribution in [0.25, 0.3) is 5.57 Å². The Kier molecular flexibility index (Phi) is 7.70. The molecule has 2 rings (SSSR count). The van der Waals surface area contributed by atoms with Crippen LogP contribution in [0.2, 0.25) is 0 Å². The van der Waals surface area contributed by atoms with E-state index in [1.54, 1.807) is 0 Å². The van der Waals surface area contributed by atoms with Crippen molar-refractivity contribution < 1.29 is 0 Å². The van der Waals surface area contributed by atoms with Crippen LogP contribution in [-0.4, -0.2) is 36.6 Å². The summed E-state index contributed by atoms with van der Waals surface area (Å²) in [6.45, 7) is 21.4. The first-order valence-corrected chi connectivity index (χ1v) is 10.2. The maximum atomic E-state index is 6.07. The number of nitrogens with two attached hydrogens (primary N) is 1. The molecule has 0 saturated carbocycles. The molecule has 0 aromatic heterocycles. The second-order valence-corrected chi connectivity index (χ2v) is 8.25. The Balaban J connectivity index is 2.45. The lowest BCUT2D eigenvalue weighted by atomic mass is 9.85. The van der Waals surface area contributed by atoms with E-state index >= 15 is 0 Å². The molecule has 0 aliphatic carbocycles. The molecule has 0 spiro atoms. The average Bonchev–Trinajstić information content (AvgIpc) is 2.66. The second kappa shape index (κ2) is 9.79. The SMILES string of the molecule is C=C(C)CCCC1CN(C(=C)C)CC(C(=C)c2ccc(C)cc2)=C1N(C)CN. The second-order valence-electron chi connectivity index (χ2n) is 8.25. The van der Waals surface area contributed by atoms with E-state index in [4.69, 9.17) is 5.73 Å². The Morgan fingerprint density at radius 3 is 2.36 bits per heavy atom. The maximum absolute atomic E-state index is 6.07. The molecule has 28 heavy (non-hydrogen) atoms. The van der Waals surface area contributed by atoms with Gasteiger partial charge in [-0.15, -0.1) is 6.58 Å². The van der Waals surface area contributed by atoms with E-state index < -0.39 is 0 Å². The molecule has 0 bridgehead atoms. The maximum Gasteiger partial charge on any atom is 0.0650 e. The zero-order valence-corrected chi connectivity index (χ0v) is 18.2. The van der Waals surface area contributed by atoms with Crippen LogP contribution in [0.1, 0.15) is 44.2 Å². The third kappa shape index (κ3) is 5.39. The highest BCUT2D eigenvalue weighted by Gasteiger charge is 2.30. The van der Waals surface area contributed by atoms with E-state index in [0.717, 1.165) is 43.6 Å². The van der Waals surface area contributed by atoms with Crippen LogP contribution in [0.5, 0.6) is 0 Å². The quantitative estimate of drug-likeness (QED) is 0.465. The van der Waals surface area contributed by atoms with Crippen LogP contribution in [0.4, 0.5) is 0 Å². The minimum atomic E-state index is 0.413. The molecular formula is C25H37N3. The fraction of sp³-hybridized carbons (Fsp3) is 0.440. The third-order valence-electron chi connectivity index (χ3n) is 5.63. The fourth-order valence-electron chi connectivity index (χ4n) is 3.92. The van der Waals surface area contributed by atoms with Gasteiger partial charge in [-0.1, -0.05) is 48.6 Å². The van der Waals surface area contributed by atoms with Gasteiger partial charge in [-0.25, -0.2) is 0 Å². The van der Waals surface area contributed by atoms with Crippen LogP contribution in [-0.2, 0) is 0 Å². The van der Waals surface area contributed by atoms with Gasteiger partial charge in [0, 0.05) is 37.4 Å². The molecule has 1 aliphatic heterocycles. The van der Waals surface area contributed by atoms with Crippen LogP contribution < -0.4 is 5.73 Å². The van der Waals surface area contributed by atoms with E-state index in [9.17, 15) is 0 Å². The highest BCUT2D eigenvalue weighted by molar-refractivity contribution is 5.79. The minimum absolute atomic E-state index is 0.413. The summed E-state index contributed by atoms with van der Waals surface area (Å²) in [5, 5.41) is 0. The molecule has 1 atom stereocenters. The van der Waals surface area contributed by atoms with Gasteiger partial charge >= 0.3 is 0 Å². The molecular weight excluding hydrogens is 342 g/mol. The highest BCUT2D eigenvalue weighted by atomic mass is 15.2. The first-order chi connectivity index (χ1) is 13.2. The summed E-state index contributed by atoms with van der Waals surface area (Å²) in [5.74, 6) is 0.413. The Hall–Kier alpha value is -2.26. The van der Waals surface area contributed by atoms with Gasteiger partial charge < -0.3 is 15.5 Å². The van der Waals surface area contributed by atoms with E-state index in [1.807, 2.05) is 0 Å². The van der Waals surface area contributed by atoms with Crippen molar-refractivity contribution in [3.63, 3.8) is 0 Å². The molecule has 0 saturated heterocycles. The monoisotopic (exact) mass is 379 g/mol. The van der Waals surface area contributed by atoms with Crippen LogP contribution in [0.15, 0.2) is 66.5 Å². The summed E-state index contributed by atoms with van der Waals surface area (Å²) in [7, 11) is 2.10. The predicted octanol–water partition coefficient (Wildman–Crippen LogP) is 5.32. The summed E-state index contributed by atoms with van der Waals surface area (Å²) in [6.07, 6.45) is 3.31. The first-order valence-electron chi connectivity index (χ1n) is 10.2. The largest absolute Gasteiger partial charge is 0.370 e. The van der Waals surface area contributed by atoms with E-state index in [1.165, 1.54) is 28.0 Å². The van der Waals surface area contributed by atoms with Gasteiger partial charge in [0.1, 0.15) is 0 Å². The number of hydrogen-bond acceptors (Lipinski definition) is 3. The molecule has 0 amide bonds. The van der Waals surface area contributed by atoms with Crippen molar-refractivity contribution in [2.45, 2.75) is 40.0 Å². The molecule has 2 N–H and O–H groups in total. The van der Waals surface area contributed by atoms with Gasteiger partial charge in [-0.3, -0.25) is 0 Å². The molecule has 0 fully saturated rings. The van der Waals surface area contributed by atoms with Crippen molar-refractivity contribution >= 4 is 5.57 Å². The van der Waals surface area contributed by atoms with E-state index in [-0.39, 0.29) is 0 Å². The number of allylic oxidation sites excluding steroid dienone is 2. The normalized spacial score (nSPS) is 16.9. The summed E-state index contributed by atoms with van der Waals surface area (Å²) in [4.78, 5) is 4.59. The zero-order valence-electron chi connectivity index (χ0n) is 18.2. The molecule has 1 aromatic rings. The van der Waals surface area contributed by atoms with Crippen LogP contribution in [0, 0.1) is 12.8 Å². The predicted molar refractivity (Wildman–Crippen MR) is 123 cm³/mol. The van der Waals surface area contributed by atoms with E-state index in [0.29, 0.717) is 12.6 Å². The topological polar surface area (TPSA) is 32.5 Å². The molecule has 3 heteroatoms. The lowest BCUT2D eigenvalue weighted by molar-refractivity contribution is 0.242. The van der Waals surface area contributed by atoms with Crippen molar-refractivity contribution in [1.29, 1.82) is 0 Å². The number of hydrogen-bond donors (Lipinski definition) is 1. The minimum Gasteiger partial charge on any atom is -0.370 e. The fourth-order valence-corrected chi connectivity index (χ4v) is 3.92. The zero-order chi connectivity index (χ0) is 20.8. The van der Waals surface area contributed by atoms with Crippen molar-refractivity contribution in [3.05, 3.63) is 77.7 Å². The smallest absolute Gasteiger partial charge is 0.0650 e. The van der Waals surface area contributed by atoms with Crippen molar-refractivity contribution in [1.82, 2.24) is 9.80 Å². The molecule has 1 aliphatic rings. The summed E-state index contributed by atoms with van der Waals surface area (Å²) in [6, 6.07) is 8.63. The van der Waals surface area contributed by atoms with Crippen molar-refractivity contribution in [2.24, 2.45) is 11.7 Å². The average molecular weight is 380 g/mol. The highest BCUT2D eigenvalue weighted by Crippen LogP contribution is 2.37. The lowest BCUT2D eigenvalue weighted by Gasteiger charge is -2.42. The summed E-state index contributed by atoms with van der Waals surface area (Å²) >= 11 is 0. The van der Waals surface area contributed by atoms with Gasteiger partial charge in [-0.05, 0) is 56.7 Å². The Bertz CT molecular complexity index is 755. The number of benzene rings is 1. The molecule has 0 radical (unpaired) electrons. The molecule has 1 unspecified atom stereocenters. The van der Waals surface area contributed by atoms with E-state index in [2.05, 4.69) is 81.6 Å². The van der Waals surface area contributed by atoms with Gasteiger partial charge in [-0.2, -0.15) is 0 Å². The van der Waals surface area contributed by atoms with Gasteiger partial charge in [0.25, 0.3) is 0 Å². The van der Waals surface area contributed by atoms with Crippen LogP contribution in [0.3, 0.4) is 0 Å². The van der Waals surface area contributed by atoms with Crippen molar-refractivity contribution in [3.8, 4) is 0 Å². The molecule has 3 nitrogen and oxygen atoms in total. The van der Waals surface area contributed by atoms with Gasteiger partial charge in [0.05, 0.1) is 6.67 Å². The molecule has 1 heterocycles. The molecule has 1 aromatic carbocycles. The number of rotatable bonds is 9. The van der Waals surface area contributed by atoms with Crippen LogP contribution >= 0.6 is 0 Å².